The number of hydrogen-bond donors (Lipinski definition) is 1. The summed E-state index contributed by atoms with van der Waals surface area (Å²) in [6, 6.07) is 1.57. The normalized spacial score (nSPS) is 10.5. The molecule has 0 saturated carbocycles. The van der Waals surface area contributed by atoms with Crippen molar-refractivity contribution in [2.75, 3.05) is 5.32 Å². The van der Waals surface area contributed by atoms with Crippen LogP contribution in [0.2, 0.25) is 0 Å². The van der Waals surface area contributed by atoms with Crippen molar-refractivity contribution in [3.8, 4) is 0 Å². The van der Waals surface area contributed by atoms with Gasteiger partial charge in [0.2, 0.25) is 5.89 Å². The van der Waals surface area contributed by atoms with Crippen molar-refractivity contribution in [2.24, 2.45) is 0 Å². The minimum atomic E-state index is -1.32. The van der Waals surface area contributed by atoms with Gasteiger partial charge in [-0.1, -0.05) is 5.16 Å². The van der Waals surface area contributed by atoms with Gasteiger partial charge in [-0.2, -0.15) is 4.98 Å². The number of hydrogen-bond acceptors (Lipinski definition) is 6. The lowest BCUT2D eigenvalue weighted by Crippen LogP contribution is -2.07. The van der Waals surface area contributed by atoms with E-state index in [1.54, 1.807) is 6.92 Å². The van der Waals surface area contributed by atoms with Crippen LogP contribution in [0.1, 0.15) is 11.7 Å². The molecule has 0 bridgehead atoms. The fourth-order valence-corrected chi connectivity index (χ4v) is 1.44. The molecule has 1 aromatic carbocycles. The molecule has 19 heavy (non-hydrogen) atoms. The molecule has 0 saturated heterocycles. The van der Waals surface area contributed by atoms with E-state index < -0.39 is 27.9 Å². The van der Waals surface area contributed by atoms with Gasteiger partial charge in [0.15, 0.2) is 23.1 Å². The smallest absolute Gasteiger partial charge is 0.295 e. The first-order valence-corrected chi connectivity index (χ1v) is 5.14. The lowest BCUT2D eigenvalue weighted by atomic mass is 10.2. The highest BCUT2D eigenvalue weighted by atomic mass is 19.2. The van der Waals surface area contributed by atoms with Gasteiger partial charge in [-0.3, -0.25) is 10.1 Å². The van der Waals surface area contributed by atoms with E-state index in [4.69, 9.17) is 0 Å². The van der Waals surface area contributed by atoms with Crippen molar-refractivity contribution in [3.63, 3.8) is 0 Å². The van der Waals surface area contributed by atoms with Crippen molar-refractivity contribution < 1.29 is 18.2 Å². The van der Waals surface area contributed by atoms with E-state index in [0.717, 1.165) is 6.07 Å². The molecule has 1 aromatic heterocycles. The molecule has 1 N–H and O–H groups in total. The molecule has 0 fully saturated rings. The van der Waals surface area contributed by atoms with E-state index in [-0.39, 0.29) is 12.4 Å². The molecule has 7 nitrogen and oxygen atoms in total. The van der Waals surface area contributed by atoms with E-state index in [2.05, 4.69) is 20.0 Å². The number of nitro benzene ring substituents is 1. The van der Waals surface area contributed by atoms with Crippen molar-refractivity contribution in [1.82, 2.24) is 10.1 Å². The molecule has 1 heterocycles. The number of nitro groups is 1. The highest BCUT2D eigenvalue weighted by Crippen LogP contribution is 2.29. The summed E-state index contributed by atoms with van der Waals surface area (Å²) in [5.74, 6) is -2.03. The van der Waals surface area contributed by atoms with Gasteiger partial charge in [-0.15, -0.1) is 0 Å². The summed E-state index contributed by atoms with van der Waals surface area (Å²) in [5.41, 5.74) is -1.12. The quantitative estimate of drug-likeness (QED) is 0.675. The van der Waals surface area contributed by atoms with Crippen LogP contribution in [-0.2, 0) is 6.54 Å². The summed E-state index contributed by atoms with van der Waals surface area (Å²) in [4.78, 5) is 13.7. The fraction of sp³-hybridized carbons (Fsp3) is 0.200. The van der Waals surface area contributed by atoms with E-state index in [1.807, 2.05) is 0 Å². The van der Waals surface area contributed by atoms with Crippen LogP contribution in [0.25, 0.3) is 0 Å². The molecule has 0 radical (unpaired) electrons. The Bertz CT molecular complexity index is 629. The van der Waals surface area contributed by atoms with Gasteiger partial charge < -0.3 is 9.84 Å². The second-order valence-electron chi connectivity index (χ2n) is 3.60. The molecular formula is C10H8F2N4O3. The molecule has 2 rings (SSSR count). The van der Waals surface area contributed by atoms with Gasteiger partial charge in [0.25, 0.3) is 5.69 Å². The largest absolute Gasteiger partial charge is 0.370 e. The zero-order valence-electron chi connectivity index (χ0n) is 9.68. The third-order valence-electron chi connectivity index (χ3n) is 2.26. The summed E-state index contributed by atoms with van der Waals surface area (Å²) in [7, 11) is 0. The Morgan fingerprint density at radius 1 is 1.47 bits per heavy atom. The first-order valence-electron chi connectivity index (χ1n) is 5.14. The molecule has 0 spiro atoms. The summed E-state index contributed by atoms with van der Waals surface area (Å²) in [6.07, 6.45) is 0. The van der Waals surface area contributed by atoms with Gasteiger partial charge in [-0.25, -0.2) is 8.78 Å². The molecule has 0 amide bonds. The maximum absolute atomic E-state index is 13.5. The molecule has 0 aliphatic rings. The number of rotatable bonds is 4. The third kappa shape index (κ3) is 2.64. The predicted octanol–water partition coefficient (Wildman–Crippen LogP) is 2.18. The monoisotopic (exact) mass is 270 g/mol. The minimum absolute atomic E-state index is 0.126. The lowest BCUT2D eigenvalue weighted by molar-refractivity contribution is -0.384. The summed E-state index contributed by atoms with van der Waals surface area (Å²) < 4.78 is 31.3. The maximum atomic E-state index is 13.5. The van der Waals surface area contributed by atoms with Crippen LogP contribution >= 0.6 is 0 Å². The average Bonchev–Trinajstić information content (AvgIpc) is 2.76. The molecule has 0 aliphatic carbocycles. The van der Waals surface area contributed by atoms with Crippen LogP contribution in [0.15, 0.2) is 16.7 Å². The first kappa shape index (κ1) is 12.9. The van der Waals surface area contributed by atoms with E-state index in [0.29, 0.717) is 12.0 Å². The average molecular weight is 270 g/mol. The second kappa shape index (κ2) is 4.96. The minimum Gasteiger partial charge on any atom is -0.370 e. The fourth-order valence-electron chi connectivity index (χ4n) is 1.44. The first-order chi connectivity index (χ1) is 8.99. The maximum Gasteiger partial charge on any atom is 0.295 e. The molecular weight excluding hydrogens is 262 g/mol. The topological polar surface area (TPSA) is 94.1 Å². The van der Waals surface area contributed by atoms with Gasteiger partial charge in [0.05, 0.1) is 11.5 Å². The van der Waals surface area contributed by atoms with Crippen LogP contribution in [-0.4, -0.2) is 15.1 Å². The molecule has 2 aromatic rings. The van der Waals surface area contributed by atoms with Crippen molar-refractivity contribution in [3.05, 3.63) is 45.6 Å². The van der Waals surface area contributed by atoms with Crippen molar-refractivity contribution in [1.29, 1.82) is 0 Å². The predicted molar refractivity (Wildman–Crippen MR) is 59.4 cm³/mol. The van der Waals surface area contributed by atoms with Gasteiger partial charge >= 0.3 is 0 Å². The van der Waals surface area contributed by atoms with Gasteiger partial charge in [0.1, 0.15) is 0 Å². The Labute approximate surface area is 105 Å². The van der Waals surface area contributed by atoms with E-state index >= 15 is 0 Å². The second-order valence-corrected chi connectivity index (χ2v) is 3.60. The number of nitrogens with one attached hydrogen (secondary N) is 1. The number of nitrogens with zero attached hydrogens (tertiary/aromatic N) is 3. The highest BCUT2D eigenvalue weighted by Gasteiger charge is 2.21. The summed E-state index contributed by atoms with van der Waals surface area (Å²) in [5, 5.41) is 16.6. The number of benzene rings is 1. The van der Waals surface area contributed by atoms with E-state index in [9.17, 15) is 18.9 Å². The molecule has 100 valence electrons. The standard InChI is InChI=1S/C10H8F2N4O3/c1-5-14-8(15-19-5)4-13-10-7(16(17)18)3-2-6(11)9(10)12/h2-3,13H,4H2,1H3. The van der Waals surface area contributed by atoms with Crippen LogP contribution in [0, 0.1) is 28.7 Å². The molecule has 0 atom stereocenters. The van der Waals surface area contributed by atoms with Crippen LogP contribution in [0.4, 0.5) is 20.2 Å². The summed E-state index contributed by atoms with van der Waals surface area (Å²) >= 11 is 0. The molecule has 0 unspecified atom stereocenters. The third-order valence-corrected chi connectivity index (χ3v) is 2.26. The van der Waals surface area contributed by atoms with Crippen LogP contribution < -0.4 is 5.32 Å². The van der Waals surface area contributed by atoms with Crippen LogP contribution in [0.5, 0.6) is 0 Å². The Hall–Kier alpha value is -2.58. The Kier molecular flexibility index (Phi) is 3.36. The van der Waals surface area contributed by atoms with Gasteiger partial charge in [0, 0.05) is 13.0 Å². The SMILES string of the molecule is Cc1nc(CNc2c([N+](=O)[O-])ccc(F)c2F)no1. The number of aromatic nitrogens is 2. The number of halogens is 2. The van der Waals surface area contributed by atoms with Crippen molar-refractivity contribution >= 4 is 11.4 Å². The van der Waals surface area contributed by atoms with Crippen LogP contribution in [0.3, 0.4) is 0 Å². The highest BCUT2D eigenvalue weighted by molar-refractivity contribution is 5.62. The number of aryl methyl sites for hydroxylation is 1. The molecule has 0 aliphatic heterocycles. The lowest BCUT2D eigenvalue weighted by Gasteiger charge is -2.06. The van der Waals surface area contributed by atoms with Gasteiger partial charge in [-0.05, 0) is 6.07 Å². The van der Waals surface area contributed by atoms with Crippen molar-refractivity contribution in [2.45, 2.75) is 13.5 Å². The molecule has 9 heteroatoms. The Morgan fingerprint density at radius 2 is 2.21 bits per heavy atom. The van der Waals surface area contributed by atoms with E-state index in [1.165, 1.54) is 0 Å². The zero-order valence-corrected chi connectivity index (χ0v) is 9.68. The Balaban J connectivity index is 2.28. The zero-order chi connectivity index (χ0) is 14.0. The Morgan fingerprint density at radius 3 is 2.79 bits per heavy atom. The summed E-state index contributed by atoms with van der Waals surface area (Å²) in [6.45, 7) is 1.43. The number of anilines is 1.